The van der Waals surface area contributed by atoms with Crippen molar-refractivity contribution in [3.8, 4) is 5.75 Å². The van der Waals surface area contributed by atoms with Gasteiger partial charge >= 0.3 is 0 Å². The van der Waals surface area contributed by atoms with Gasteiger partial charge in [0.15, 0.2) is 0 Å². The molecule has 0 aliphatic carbocycles. The fourth-order valence-electron chi connectivity index (χ4n) is 2.34. The molecule has 0 amide bonds. The average molecular weight is 281 g/mol. The number of hydrogen-bond donors (Lipinski definition) is 1. The highest BCUT2D eigenvalue weighted by Gasteiger charge is 2.14. The fraction of sp³-hybridized carbons (Fsp3) is 0.625. The number of nitrogens with one attached hydrogen (secondary N) is 1. The Morgan fingerprint density at radius 1 is 1.30 bits per heavy atom. The van der Waals surface area contributed by atoms with Crippen LogP contribution in [0.1, 0.15) is 31.7 Å². The van der Waals surface area contributed by atoms with Gasteiger partial charge in [0.1, 0.15) is 11.6 Å². The van der Waals surface area contributed by atoms with Crippen LogP contribution in [0.5, 0.6) is 5.75 Å². The van der Waals surface area contributed by atoms with E-state index in [1.54, 1.807) is 6.07 Å². The van der Waals surface area contributed by atoms with Gasteiger partial charge in [-0.3, -0.25) is 0 Å². The van der Waals surface area contributed by atoms with E-state index in [-0.39, 0.29) is 5.82 Å². The quantitative estimate of drug-likeness (QED) is 0.779. The Hall–Kier alpha value is -1.13. The minimum absolute atomic E-state index is 0.234. The number of hydrogen-bond acceptors (Lipinski definition) is 3. The van der Waals surface area contributed by atoms with E-state index in [1.807, 2.05) is 6.07 Å². The SMILES string of the molecule is CCCNCc1cc(F)cc(OCC2CCOCC2)c1. The van der Waals surface area contributed by atoms with Crippen LogP contribution in [0.3, 0.4) is 0 Å². The molecule has 0 unspecified atom stereocenters. The highest BCUT2D eigenvalue weighted by atomic mass is 19.1. The standard InChI is InChI=1S/C16H24FNO2/c1-2-5-18-11-14-8-15(17)10-16(9-14)20-12-13-3-6-19-7-4-13/h8-10,13,18H,2-7,11-12H2,1H3. The van der Waals surface area contributed by atoms with E-state index in [0.717, 1.165) is 44.6 Å². The molecule has 1 aromatic rings. The Labute approximate surface area is 120 Å². The lowest BCUT2D eigenvalue weighted by atomic mass is 10.0. The maximum absolute atomic E-state index is 13.6. The van der Waals surface area contributed by atoms with Crippen molar-refractivity contribution >= 4 is 0 Å². The van der Waals surface area contributed by atoms with E-state index in [9.17, 15) is 4.39 Å². The highest BCUT2D eigenvalue weighted by molar-refractivity contribution is 5.29. The van der Waals surface area contributed by atoms with Gasteiger partial charge in [-0.1, -0.05) is 6.92 Å². The molecule has 0 spiro atoms. The molecule has 1 aliphatic heterocycles. The summed E-state index contributed by atoms with van der Waals surface area (Å²) in [5.41, 5.74) is 0.931. The second-order valence-corrected chi connectivity index (χ2v) is 5.34. The van der Waals surface area contributed by atoms with Crippen LogP contribution in [0.4, 0.5) is 4.39 Å². The van der Waals surface area contributed by atoms with Crippen molar-refractivity contribution < 1.29 is 13.9 Å². The summed E-state index contributed by atoms with van der Waals surface area (Å²) in [6.45, 7) is 6.00. The molecule has 20 heavy (non-hydrogen) atoms. The van der Waals surface area contributed by atoms with Crippen LogP contribution < -0.4 is 10.1 Å². The van der Waals surface area contributed by atoms with Crippen LogP contribution in [0, 0.1) is 11.7 Å². The first kappa shape index (κ1) is 15.3. The predicted molar refractivity (Wildman–Crippen MR) is 77.4 cm³/mol. The normalized spacial score (nSPS) is 16.3. The average Bonchev–Trinajstić information content (AvgIpc) is 2.46. The van der Waals surface area contributed by atoms with E-state index in [4.69, 9.17) is 9.47 Å². The Kier molecular flexibility index (Phi) is 6.27. The van der Waals surface area contributed by atoms with Gasteiger partial charge in [-0.15, -0.1) is 0 Å². The largest absolute Gasteiger partial charge is 0.493 e. The van der Waals surface area contributed by atoms with Crippen molar-refractivity contribution in [2.75, 3.05) is 26.4 Å². The molecule has 3 nitrogen and oxygen atoms in total. The van der Waals surface area contributed by atoms with Crippen LogP contribution in [-0.2, 0) is 11.3 Å². The van der Waals surface area contributed by atoms with Crippen molar-refractivity contribution in [1.82, 2.24) is 5.32 Å². The Bertz CT molecular complexity index is 405. The van der Waals surface area contributed by atoms with Crippen LogP contribution in [0.15, 0.2) is 18.2 Å². The lowest BCUT2D eigenvalue weighted by Gasteiger charge is -2.22. The summed E-state index contributed by atoms with van der Waals surface area (Å²) >= 11 is 0. The Morgan fingerprint density at radius 3 is 2.85 bits per heavy atom. The molecule has 1 saturated heterocycles. The third kappa shape index (κ3) is 5.10. The van der Waals surface area contributed by atoms with Crippen molar-refractivity contribution in [1.29, 1.82) is 0 Å². The minimum Gasteiger partial charge on any atom is -0.493 e. The number of ether oxygens (including phenoxy) is 2. The summed E-state index contributed by atoms with van der Waals surface area (Å²) in [5, 5.41) is 3.27. The molecule has 2 rings (SSSR count). The number of rotatable bonds is 7. The molecule has 0 atom stereocenters. The molecule has 112 valence electrons. The van der Waals surface area contributed by atoms with Gasteiger partial charge in [0.2, 0.25) is 0 Å². The van der Waals surface area contributed by atoms with Gasteiger partial charge in [0.05, 0.1) is 6.61 Å². The van der Waals surface area contributed by atoms with Gasteiger partial charge in [-0.05, 0) is 49.4 Å². The van der Waals surface area contributed by atoms with Gasteiger partial charge in [-0.2, -0.15) is 0 Å². The molecule has 1 N–H and O–H groups in total. The molecule has 1 fully saturated rings. The zero-order chi connectivity index (χ0) is 14.2. The van der Waals surface area contributed by atoms with Crippen LogP contribution in [0.25, 0.3) is 0 Å². The number of halogens is 1. The van der Waals surface area contributed by atoms with Gasteiger partial charge in [0.25, 0.3) is 0 Å². The van der Waals surface area contributed by atoms with Crippen molar-refractivity contribution in [2.45, 2.75) is 32.7 Å². The summed E-state index contributed by atoms with van der Waals surface area (Å²) in [6, 6.07) is 4.94. The van der Waals surface area contributed by atoms with E-state index < -0.39 is 0 Å². The summed E-state index contributed by atoms with van der Waals surface area (Å²) in [4.78, 5) is 0. The molecule has 0 aromatic heterocycles. The molecule has 1 heterocycles. The van der Waals surface area contributed by atoms with E-state index >= 15 is 0 Å². The topological polar surface area (TPSA) is 30.5 Å². The van der Waals surface area contributed by atoms with Crippen LogP contribution in [-0.4, -0.2) is 26.4 Å². The summed E-state index contributed by atoms with van der Waals surface area (Å²) in [5.74, 6) is 0.918. The monoisotopic (exact) mass is 281 g/mol. The van der Waals surface area contributed by atoms with Gasteiger partial charge < -0.3 is 14.8 Å². The van der Waals surface area contributed by atoms with Gasteiger partial charge in [0, 0.05) is 25.8 Å². The molecule has 4 heteroatoms. The predicted octanol–water partition coefficient (Wildman–Crippen LogP) is 3.13. The maximum atomic E-state index is 13.6. The third-order valence-corrected chi connectivity index (χ3v) is 3.51. The fourth-order valence-corrected chi connectivity index (χ4v) is 2.34. The van der Waals surface area contributed by atoms with E-state index in [2.05, 4.69) is 12.2 Å². The smallest absolute Gasteiger partial charge is 0.127 e. The van der Waals surface area contributed by atoms with Crippen molar-refractivity contribution in [3.05, 3.63) is 29.6 Å². The first-order valence-electron chi connectivity index (χ1n) is 7.48. The van der Waals surface area contributed by atoms with E-state index in [1.165, 1.54) is 6.07 Å². The summed E-state index contributed by atoms with van der Waals surface area (Å²) in [7, 11) is 0. The van der Waals surface area contributed by atoms with Crippen molar-refractivity contribution in [3.63, 3.8) is 0 Å². The summed E-state index contributed by atoms with van der Waals surface area (Å²) < 4.78 is 24.6. The second kappa shape index (κ2) is 8.22. The maximum Gasteiger partial charge on any atom is 0.127 e. The first-order chi connectivity index (χ1) is 9.78. The number of benzene rings is 1. The Balaban J connectivity index is 1.86. The first-order valence-corrected chi connectivity index (χ1v) is 7.48. The highest BCUT2D eigenvalue weighted by Crippen LogP contribution is 2.20. The molecule has 0 radical (unpaired) electrons. The molecular formula is C16H24FNO2. The molecule has 0 saturated carbocycles. The zero-order valence-electron chi connectivity index (χ0n) is 12.2. The van der Waals surface area contributed by atoms with Crippen molar-refractivity contribution in [2.24, 2.45) is 5.92 Å². The van der Waals surface area contributed by atoms with Crippen LogP contribution in [0.2, 0.25) is 0 Å². The van der Waals surface area contributed by atoms with E-state index in [0.29, 0.717) is 24.8 Å². The third-order valence-electron chi connectivity index (χ3n) is 3.51. The minimum atomic E-state index is -0.234. The van der Waals surface area contributed by atoms with Crippen LogP contribution >= 0.6 is 0 Å². The second-order valence-electron chi connectivity index (χ2n) is 5.34. The Morgan fingerprint density at radius 2 is 2.10 bits per heavy atom. The lowest BCUT2D eigenvalue weighted by molar-refractivity contribution is 0.0497. The molecule has 0 bridgehead atoms. The molecular weight excluding hydrogens is 257 g/mol. The summed E-state index contributed by atoms with van der Waals surface area (Å²) in [6.07, 6.45) is 3.13. The lowest BCUT2D eigenvalue weighted by Crippen LogP contribution is -2.21. The zero-order valence-corrected chi connectivity index (χ0v) is 12.2. The van der Waals surface area contributed by atoms with Gasteiger partial charge in [-0.25, -0.2) is 4.39 Å². The molecule has 1 aliphatic rings. The molecule has 1 aromatic carbocycles.